The van der Waals surface area contributed by atoms with Crippen molar-refractivity contribution in [1.29, 1.82) is 0 Å². The minimum Gasteiger partial charge on any atom is -0.380 e. The first kappa shape index (κ1) is 9.03. The van der Waals surface area contributed by atoms with Gasteiger partial charge < -0.3 is 10.6 Å². The molecule has 0 atom stereocenters. The summed E-state index contributed by atoms with van der Waals surface area (Å²) in [7, 11) is 0. The number of hydrogen-bond acceptors (Lipinski definition) is 2. The minimum atomic E-state index is 0.605. The Morgan fingerprint density at radius 2 is 2.15 bits per heavy atom. The summed E-state index contributed by atoms with van der Waals surface area (Å²) in [4.78, 5) is 0. The van der Waals surface area contributed by atoms with Gasteiger partial charge in [0.15, 0.2) is 0 Å². The van der Waals surface area contributed by atoms with Crippen molar-refractivity contribution in [2.45, 2.75) is 13.0 Å². The van der Waals surface area contributed by atoms with E-state index in [0.29, 0.717) is 6.04 Å². The van der Waals surface area contributed by atoms with Crippen LogP contribution in [-0.4, -0.2) is 19.1 Å². The third-order valence-electron chi connectivity index (χ3n) is 2.19. The molecule has 13 heavy (non-hydrogen) atoms. The largest absolute Gasteiger partial charge is 0.380 e. The van der Waals surface area contributed by atoms with Gasteiger partial charge in [-0.05, 0) is 30.7 Å². The first-order chi connectivity index (χ1) is 6.24. The van der Waals surface area contributed by atoms with Crippen molar-refractivity contribution in [3.8, 4) is 0 Å². The van der Waals surface area contributed by atoms with Gasteiger partial charge in [-0.25, -0.2) is 0 Å². The Bertz CT molecular complexity index is 288. The molecule has 0 amide bonds. The van der Waals surface area contributed by atoms with E-state index in [9.17, 15) is 0 Å². The SMILES string of the molecule is Cc1cc(Br)cc(NC2CNC2)c1. The van der Waals surface area contributed by atoms with Gasteiger partial charge in [0.2, 0.25) is 0 Å². The standard InChI is InChI=1S/C10H13BrN2/c1-7-2-8(11)4-9(3-7)13-10-5-12-6-10/h2-4,10,12-13H,5-6H2,1H3. The summed E-state index contributed by atoms with van der Waals surface area (Å²) in [6, 6.07) is 7.01. The van der Waals surface area contributed by atoms with Gasteiger partial charge in [-0.1, -0.05) is 15.9 Å². The lowest BCUT2D eigenvalue weighted by atomic mass is 10.1. The van der Waals surface area contributed by atoms with E-state index in [1.807, 2.05) is 0 Å². The Kier molecular flexibility index (Phi) is 2.56. The van der Waals surface area contributed by atoms with Gasteiger partial charge in [-0.15, -0.1) is 0 Å². The smallest absolute Gasteiger partial charge is 0.0510 e. The first-order valence-electron chi connectivity index (χ1n) is 4.48. The predicted molar refractivity (Wildman–Crippen MR) is 59.2 cm³/mol. The zero-order valence-corrected chi connectivity index (χ0v) is 9.19. The number of halogens is 1. The fraction of sp³-hybridized carbons (Fsp3) is 0.400. The van der Waals surface area contributed by atoms with Crippen LogP contribution in [-0.2, 0) is 0 Å². The van der Waals surface area contributed by atoms with Crippen molar-refractivity contribution in [3.63, 3.8) is 0 Å². The molecule has 1 aliphatic rings. The normalized spacial score (nSPS) is 16.8. The van der Waals surface area contributed by atoms with Gasteiger partial charge >= 0.3 is 0 Å². The Balaban J connectivity index is 2.10. The van der Waals surface area contributed by atoms with Crippen molar-refractivity contribution in [2.75, 3.05) is 18.4 Å². The molecule has 70 valence electrons. The molecule has 1 aromatic rings. The molecule has 1 aliphatic heterocycles. The van der Waals surface area contributed by atoms with Gasteiger partial charge in [0.1, 0.15) is 0 Å². The maximum Gasteiger partial charge on any atom is 0.0510 e. The monoisotopic (exact) mass is 240 g/mol. The van der Waals surface area contributed by atoms with Gasteiger partial charge in [-0.2, -0.15) is 0 Å². The van der Waals surface area contributed by atoms with Gasteiger partial charge in [0.25, 0.3) is 0 Å². The van der Waals surface area contributed by atoms with Crippen LogP contribution in [0.5, 0.6) is 0 Å². The van der Waals surface area contributed by atoms with Crippen LogP contribution in [0.1, 0.15) is 5.56 Å². The summed E-state index contributed by atoms with van der Waals surface area (Å²) in [5.74, 6) is 0. The average Bonchev–Trinajstić information content (AvgIpc) is 1.95. The molecule has 0 aliphatic carbocycles. The molecule has 2 N–H and O–H groups in total. The van der Waals surface area contributed by atoms with E-state index in [2.05, 4.69) is 51.7 Å². The number of nitrogens with one attached hydrogen (secondary N) is 2. The molecule has 1 aromatic carbocycles. The fourth-order valence-corrected chi connectivity index (χ4v) is 2.05. The molecular formula is C10H13BrN2. The number of benzene rings is 1. The zero-order valence-electron chi connectivity index (χ0n) is 7.60. The van der Waals surface area contributed by atoms with E-state index in [0.717, 1.165) is 17.6 Å². The van der Waals surface area contributed by atoms with Crippen molar-refractivity contribution in [3.05, 3.63) is 28.2 Å². The second-order valence-corrected chi connectivity index (χ2v) is 4.43. The number of hydrogen-bond donors (Lipinski definition) is 2. The maximum atomic E-state index is 3.49. The van der Waals surface area contributed by atoms with Gasteiger partial charge in [0.05, 0.1) is 6.04 Å². The molecule has 1 fully saturated rings. The van der Waals surface area contributed by atoms with Crippen molar-refractivity contribution < 1.29 is 0 Å². The highest BCUT2D eigenvalue weighted by atomic mass is 79.9. The Morgan fingerprint density at radius 1 is 1.38 bits per heavy atom. The van der Waals surface area contributed by atoms with Crippen LogP contribution in [0.2, 0.25) is 0 Å². The lowest BCUT2D eigenvalue weighted by Gasteiger charge is -2.29. The van der Waals surface area contributed by atoms with Crippen LogP contribution in [0.15, 0.2) is 22.7 Å². The van der Waals surface area contributed by atoms with Gasteiger partial charge in [-0.3, -0.25) is 0 Å². The molecule has 0 spiro atoms. The van der Waals surface area contributed by atoms with Crippen LogP contribution < -0.4 is 10.6 Å². The third-order valence-corrected chi connectivity index (χ3v) is 2.65. The van der Waals surface area contributed by atoms with E-state index in [4.69, 9.17) is 0 Å². The molecule has 1 saturated heterocycles. The maximum absolute atomic E-state index is 3.49. The van der Waals surface area contributed by atoms with Gasteiger partial charge in [0, 0.05) is 23.2 Å². The minimum absolute atomic E-state index is 0.605. The topological polar surface area (TPSA) is 24.1 Å². The lowest BCUT2D eigenvalue weighted by Crippen LogP contribution is -2.51. The molecule has 0 bridgehead atoms. The van der Waals surface area contributed by atoms with E-state index in [1.165, 1.54) is 11.3 Å². The van der Waals surface area contributed by atoms with Crippen LogP contribution in [0.4, 0.5) is 5.69 Å². The lowest BCUT2D eigenvalue weighted by molar-refractivity contribution is 0.472. The summed E-state index contributed by atoms with van der Waals surface area (Å²) in [6.45, 7) is 4.26. The molecule has 1 heterocycles. The highest BCUT2D eigenvalue weighted by molar-refractivity contribution is 9.10. The number of aryl methyl sites for hydroxylation is 1. The Hall–Kier alpha value is -0.540. The molecule has 0 unspecified atom stereocenters. The molecule has 2 nitrogen and oxygen atoms in total. The third kappa shape index (κ3) is 2.23. The number of anilines is 1. The first-order valence-corrected chi connectivity index (χ1v) is 5.28. The molecule has 0 aromatic heterocycles. The van der Waals surface area contributed by atoms with Crippen molar-refractivity contribution >= 4 is 21.6 Å². The zero-order chi connectivity index (χ0) is 9.26. The molecule has 0 radical (unpaired) electrons. The summed E-state index contributed by atoms with van der Waals surface area (Å²) < 4.78 is 1.14. The highest BCUT2D eigenvalue weighted by Crippen LogP contribution is 2.20. The van der Waals surface area contributed by atoms with E-state index in [1.54, 1.807) is 0 Å². The molecular weight excluding hydrogens is 228 g/mol. The van der Waals surface area contributed by atoms with Crippen LogP contribution in [0.3, 0.4) is 0 Å². The average molecular weight is 241 g/mol. The summed E-state index contributed by atoms with van der Waals surface area (Å²) in [5.41, 5.74) is 2.49. The quantitative estimate of drug-likeness (QED) is 0.828. The van der Waals surface area contributed by atoms with Crippen LogP contribution >= 0.6 is 15.9 Å². The summed E-state index contributed by atoms with van der Waals surface area (Å²) >= 11 is 3.49. The Labute approximate surface area is 86.9 Å². The number of rotatable bonds is 2. The predicted octanol–water partition coefficient (Wildman–Crippen LogP) is 2.14. The van der Waals surface area contributed by atoms with E-state index >= 15 is 0 Å². The van der Waals surface area contributed by atoms with E-state index in [-0.39, 0.29) is 0 Å². The summed E-state index contributed by atoms with van der Waals surface area (Å²) in [5, 5.41) is 6.70. The molecule has 0 saturated carbocycles. The highest BCUT2D eigenvalue weighted by Gasteiger charge is 2.15. The second kappa shape index (κ2) is 3.68. The second-order valence-electron chi connectivity index (χ2n) is 3.52. The van der Waals surface area contributed by atoms with Crippen molar-refractivity contribution in [2.24, 2.45) is 0 Å². The molecule has 2 rings (SSSR count). The van der Waals surface area contributed by atoms with E-state index < -0.39 is 0 Å². The van der Waals surface area contributed by atoms with Crippen molar-refractivity contribution in [1.82, 2.24) is 5.32 Å². The fourth-order valence-electron chi connectivity index (χ4n) is 1.45. The summed E-state index contributed by atoms with van der Waals surface area (Å²) in [6.07, 6.45) is 0. The Morgan fingerprint density at radius 3 is 2.69 bits per heavy atom. The molecule has 3 heteroatoms. The van der Waals surface area contributed by atoms with Crippen LogP contribution in [0.25, 0.3) is 0 Å². The van der Waals surface area contributed by atoms with Crippen LogP contribution in [0, 0.1) is 6.92 Å².